The van der Waals surface area contributed by atoms with Crippen LogP contribution in [0.5, 0.6) is 0 Å². The number of ketones is 2. The van der Waals surface area contributed by atoms with Crippen LogP contribution in [0.1, 0.15) is 84.2 Å². The molecule has 1 aromatic heterocycles. The second kappa shape index (κ2) is 11.4. The molecule has 39 heavy (non-hydrogen) atoms. The van der Waals surface area contributed by atoms with E-state index in [9.17, 15) is 14.4 Å². The van der Waals surface area contributed by atoms with Gasteiger partial charge in [0.15, 0.2) is 5.78 Å². The van der Waals surface area contributed by atoms with Crippen LogP contribution in [0.15, 0.2) is 65.8 Å². The van der Waals surface area contributed by atoms with Crippen LogP contribution in [0.4, 0.5) is 0 Å². The van der Waals surface area contributed by atoms with E-state index < -0.39 is 5.97 Å². The zero-order chi connectivity index (χ0) is 27.5. The lowest BCUT2D eigenvalue weighted by molar-refractivity contribution is -0.140. The molecule has 0 unspecified atom stereocenters. The van der Waals surface area contributed by atoms with Crippen molar-refractivity contribution >= 4 is 45.1 Å². The summed E-state index contributed by atoms with van der Waals surface area (Å²) in [7, 11) is 0. The summed E-state index contributed by atoms with van der Waals surface area (Å²) in [5, 5.41) is 5.80. The average molecular weight is 523 g/mol. The molecule has 6 nitrogen and oxygen atoms in total. The lowest BCUT2D eigenvalue weighted by Gasteiger charge is -2.10. The third-order valence-corrected chi connectivity index (χ3v) is 7.91. The molecule has 200 valence electrons. The SMILES string of the molecule is CCn1c2ccc(C(=O)/C(CCC3CCCC3)=N\OC(C)=O)cc2c2cc(C(=O)c3ccccc3C)ccc21. The third kappa shape index (κ3) is 5.42. The molecule has 4 aromatic rings. The van der Waals surface area contributed by atoms with E-state index in [0.29, 0.717) is 29.0 Å². The maximum absolute atomic E-state index is 13.6. The van der Waals surface area contributed by atoms with Crippen LogP contribution in [-0.4, -0.2) is 27.8 Å². The van der Waals surface area contributed by atoms with Crippen molar-refractivity contribution in [1.29, 1.82) is 0 Å². The normalized spacial score (nSPS) is 14.3. The van der Waals surface area contributed by atoms with Gasteiger partial charge in [0.05, 0.1) is 0 Å². The number of Topliss-reactive ketones (excluding diaryl/α,β-unsaturated/α-hetero) is 1. The summed E-state index contributed by atoms with van der Waals surface area (Å²) < 4.78 is 2.19. The molecule has 5 rings (SSSR count). The number of carbonyl (C=O) groups is 3. The van der Waals surface area contributed by atoms with Crippen molar-refractivity contribution in [3.05, 3.63) is 82.9 Å². The highest BCUT2D eigenvalue weighted by molar-refractivity contribution is 6.46. The van der Waals surface area contributed by atoms with Crippen LogP contribution in [0.25, 0.3) is 21.8 Å². The lowest BCUT2D eigenvalue weighted by atomic mass is 9.95. The van der Waals surface area contributed by atoms with E-state index in [4.69, 9.17) is 4.84 Å². The van der Waals surface area contributed by atoms with E-state index in [0.717, 1.165) is 40.3 Å². The van der Waals surface area contributed by atoms with E-state index in [-0.39, 0.29) is 17.3 Å². The van der Waals surface area contributed by atoms with Crippen LogP contribution in [0, 0.1) is 12.8 Å². The van der Waals surface area contributed by atoms with E-state index in [1.54, 1.807) is 0 Å². The Kier molecular flexibility index (Phi) is 7.73. The maximum Gasteiger partial charge on any atom is 0.331 e. The van der Waals surface area contributed by atoms with E-state index in [2.05, 4.69) is 16.6 Å². The Balaban J connectivity index is 1.55. The number of oxime groups is 1. The Morgan fingerprint density at radius 3 is 2.21 bits per heavy atom. The number of aryl methyl sites for hydroxylation is 2. The number of fused-ring (bicyclic) bond motifs is 3. The standard InChI is InChI=1S/C33H34N2O4/c1-4-35-30-17-14-24(32(37)26-12-8-5-9-21(26)2)19-27(30)28-20-25(15-18-31(28)35)33(38)29(34-39-22(3)36)16-13-23-10-6-7-11-23/h5,8-9,12,14-15,17-20,23H,4,6-7,10-11,13,16H2,1-3H3/b34-29-. The largest absolute Gasteiger partial charge is 0.341 e. The molecule has 6 heteroatoms. The van der Waals surface area contributed by atoms with Gasteiger partial charge in [0.25, 0.3) is 0 Å². The Hall–Kier alpha value is -4.06. The Labute approximate surface area is 228 Å². The van der Waals surface area contributed by atoms with Gasteiger partial charge in [-0.25, -0.2) is 4.79 Å². The van der Waals surface area contributed by atoms with Gasteiger partial charge in [-0.05, 0) is 74.6 Å². The number of hydrogen-bond donors (Lipinski definition) is 0. The topological polar surface area (TPSA) is 77.7 Å². The van der Waals surface area contributed by atoms with Gasteiger partial charge in [-0.3, -0.25) is 9.59 Å². The molecular weight excluding hydrogens is 488 g/mol. The average Bonchev–Trinajstić information content (AvgIpc) is 3.57. The first-order chi connectivity index (χ1) is 18.9. The number of rotatable bonds is 9. The van der Waals surface area contributed by atoms with Crippen LogP contribution in [0.3, 0.4) is 0 Å². The minimum absolute atomic E-state index is 0.0256. The first kappa shape index (κ1) is 26.5. The molecule has 0 aliphatic heterocycles. The van der Waals surface area contributed by atoms with Gasteiger partial charge < -0.3 is 9.40 Å². The molecule has 3 aromatic carbocycles. The fourth-order valence-electron chi connectivity index (χ4n) is 5.84. The van der Waals surface area contributed by atoms with Gasteiger partial charge in [0.2, 0.25) is 5.78 Å². The van der Waals surface area contributed by atoms with Crippen molar-refractivity contribution in [1.82, 2.24) is 4.57 Å². The molecule has 1 aliphatic rings. The second-order valence-electron chi connectivity index (χ2n) is 10.5. The predicted molar refractivity (Wildman–Crippen MR) is 154 cm³/mol. The molecular formula is C33H34N2O4. The van der Waals surface area contributed by atoms with Crippen LogP contribution >= 0.6 is 0 Å². The number of benzene rings is 3. The summed E-state index contributed by atoms with van der Waals surface area (Å²) in [6, 6.07) is 19.0. The highest BCUT2D eigenvalue weighted by atomic mass is 16.7. The molecule has 1 aliphatic carbocycles. The zero-order valence-electron chi connectivity index (χ0n) is 22.8. The summed E-state index contributed by atoms with van der Waals surface area (Å²) in [5.41, 5.74) is 4.99. The van der Waals surface area contributed by atoms with Crippen molar-refractivity contribution in [2.75, 3.05) is 0 Å². The highest BCUT2D eigenvalue weighted by Gasteiger charge is 2.22. The van der Waals surface area contributed by atoms with Crippen molar-refractivity contribution in [2.24, 2.45) is 11.1 Å². The van der Waals surface area contributed by atoms with Crippen LogP contribution in [0.2, 0.25) is 0 Å². The van der Waals surface area contributed by atoms with Crippen molar-refractivity contribution in [2.45, 2.75) is 65.8 Å². The first-order valence-corrected chi connectivity index (χ1v) is 13.8. The van der Waals surface area contributed by atoms with Gasteiger partial charge in [-0.1, -0.05) is 55.1 Å². The van der Waals surface area contributed by atoms with Crippen molar-refractivity contribution in [3.63, 3.8) is 0 Å². The van der Waals surface area contributed by atoms with Crippen LogP contribution < -0.4 is 0 Å². The molecule has 0 atom stereocenters. The predicted octanol–water partition coefficient (Wildman–Crippen LogP) is 7.43. The summed E-state index contributed by atoms with van der Waals surface area (Å²) in [6.07, 6.45) is 6.11. The van der Waals surface area contributed by atoms with Gasteiger partial charge in [-0.2, -0.15) is 0 Å². The number of hydrogen-bond acceptors (Lipinski definition) is 5. The van der Waals surface area contributed by atoms with Gasteiger partial charge in [-0.15, -0.1) is 0 Å². The fraction of sp³-hybridized carbons (Fsp3) is 0.333. The summed E-state index contributed by atoms with van der Waals surface area (Å²) in [4.78, 5) is 43.4. The molecule has 1 heterocycles. The first-order valence-electron chi connectivity index (χ1n) is 13.8. The molecule has 1 fully saturated rings. The monoisotopic (exact) mass is 522 g/mol. The Morgan fingerprint density at radius 1 is 0.923 bits per heavy atom. The smallest absolute Gasteiger partial charge is 0.331 e. The number of nitrogens with zero attached hydrogens (tertiary/aromatic N) is 2. The van der Waals surface area contributed by atoms with Gasteiger partial charge in [0, 0.05) is 52.0 Å². The minimum atomic E-state index is -0.548. The lowest BCUT2D eigenvalue weighted by Crippen LogP contribution is -2.17. The van der Waals surface area contributed by atoms with E-state index in [1.165, 1.54) is 32.6 Å². The number of carbonyl (C=O) groups excluding carboxylic acids is 3. The van der Waals surface area contributed by atoms with Crippen LogP contribution in [-0.2, 0) is 16.2 Å². The molecule has 1 saturated carbocycles. The minimum Gasteiger partial charge on any atom is -0.341 e. The van der Waals surface area contributed by atoms with Crippen molar-refractivity contribution in [3.8, 4) is 0 Å². The maximum atomic E-state index is 13.6. The molecule has 0 saturated heterocycles. The highest BCUT2D eigenvalue weighted by Crippen LogP contribution is 2.32. The summed E-state index contributed by atoms with van der Waals surface area (Å²) >= 11 is 0. The summed E-state index contributed by atoms with van der Waals surface area (Å²) in [6.45, 7) is 6.05. The molecule has 0 N–H and O–H groups in total. The van der Waals surface area contributed by atoms with Gasteiger partial charge >= 0.3 is 5.97 Å². The molecule has 0 radical (unpaired) electrons. The van der Waals surface area contributed by atoms with E-state index in [1.807, 2.05) is 67.6 Å². The Morgan fingerprint density at radius 2 is 1.56 bits per heavy atom. The molecule has 0 spiro atoms. The molecule has 0 bridgehead atoms. The summed E-state index contributed by atoms with van der Waals surface area (Å²) in [5.74, 6) is -0.230. The zero-order valence-corrected chi connectivity index (χ0v) is 22.8. The second-order valence-corrected chi connectivity index (χ2v) is 10.5. The third-order valence-electron chi connectivity index (χ3n) is 7.91. The molecule has 0 amide bonds. The van der Waals surface area contributed by atoms with Crippen molar-refractivity contribution < 1.29 is 19.2 Å². The van der Waals surface area contributed by atoms with E-state index >= 15 is 0 Å². The quantitative estimate of drug-likeness (QED) is 0.0991. The Bertz CT molecular complexity index is 1610. The van der Waals surface area contributed by atoms with Gasteiger partial charge in [0.1, 0.15) is 5.71 Å². The fourth-order valence-corrected chi connectivity index (χ4v) is 5.84. The number of aromatic nitrogens is 1.